The molecule has 0 saturated carbocycles. The van der Waals surface area contributed by atoms with Gasteiger partial charge < -0.3 is 14.6 Å². The zero-order chi connectivity index (χ0) is 15.9. The molecule has 22 heavy (non-hydrogen) atoms. The molecule has 0 saturated heterocycles. The van der Waals surface area contributed by atoms with Crippen LogP contribution in [0, 0.1) is 6.92 Å². The number of hydrogen-bond donors (Lipinski definition) is 1. The van der Waals surface area contributed by atoms with Gasteiger partial charge in [0.2, 0.25) is 0 Å². The molecule has 0 aliphatic heterocycles. The number of Topliss-reactive ketones (excluding diaryl/α,β-unsaturated/α-hetero) is 1. The Labute approximate surface area is 130 Å². The first kappa shape index (κ1) is 16.0. The Morgan fingerprint density at radius 2 is 1.41 bits per heavy atom. The largest absolute Gasteiger partial charge is 0.491 e. The predicted molar refractivity (Wildman–Crippen MR) is 84.6 cm³/mol. The predicted octanol–water partition coefficient (Wildman–Crippen LogP) is 3.02. The van der Waals surface area contributed by atoms with Crippen molar-refractivity contribution in [1.29, 1.82) is 0 Å². The minimum absolute atomic E-state index is 0.0121. The summed E-state index contributed by atoms with van der Waals surface area (Å²) in [6, 6.07) is 14.5. The van der Waals surface area contributed by atoms with Crippen LogP contribution in [0.15, 0.2) is 48.5 Å². The van der Waals surface area contributed by atoms with Crippen LogP contribution in [0.25, 0.3) is 0 Å². The van der Waals surface area contributed by atoms with Crippen LogP contribution >= 0.6 is 0 Å². The van der Waals surface area contributed by atoms with E-state index in [4.69, 9.17) is 9.47 Å². The fourth-order valence-corrected chi connectivity index (χ4v) is 1.85. The summed E-state index contributed by atoms with van der Waals surface area (Å²) in [5, 5.41) is 9.87. The molecule has 2 aromatic rings. The van der Waals surface area contributed by atoms with Crippen LogP contribution in [0.3, 0.4) is 0 Å². The van der Waals surface area contributed by atoms with Crippen molar-refractivity contribution in [1.82, 2.24) is 0 Å². The van der Waals surface area contributed by atoms with Crippen molar-refractivity contribution in [3.05, 3.63) is 59.7 Å². The number of benzene rings is 2. The van der Waals surface area contributed by atoms with Crippen molar-refractivity contribution < 1.29 is 19.4 Å². The number of rotatable bonds is 7. The summed E-state index contributed by atoms with van der Waals surface area (Å²) < 4.78 is 11.0. The first-order chi connectivity index (χ1) is 10.5. The molecule has 4 heteroatoms. The lowest BCUT2D eigenvalue weighted by atomic mass is 10.1. The van der Waals surface area contributed by atoms with Crippen LogP contribution in [-0.2, 0) is 0 Å². The van der Waals surface area contributed by atoms with E-state index in [1.807, 2.05) is 31.2 Å². The van der Waals surface area contributed by atoms with Crippen molar-refractivity contribution in [2.24, 2.45) is 0 Å². The highest BCUT2D eigenvalue weighted by Crippen LogP contribution is 2.14. The SMILES string of the molecule is CC(=O)c1ccc(OCC(O)COc2ccc(C)cc2)cc1. The van der Waals surface area contributed by atoms with Gasteiger partial charge in [-0.15, -0.1) is 0 Å². The highest BCUT2D eigenvalue weighted by molar-refractivity contribution is 5.94. The summed E-state index contributed by atoms with van der Waals surface area (Å²) in [5.41, 5.74) is 1.79. The van der Waals surface area contributed by atoms with E-state index in [0.717, 1.165) is 11.3 Å². The molecule has 0 aliphatic rings. The van der Waals surface area contributed by atoms with Crippen molar-refractivity contribution in [2.45, 2.75) is 20.0 Å². The van der Waals surface area contributed by atoms with E-state index in [1.165, 1.54) is 6.92 Å². The Kier molecular flexibility index (Phi) is 5.55. The monoisotopic (exact) mass is 300 g/mol. The second-order valence-electron chi connectivity index (χ2n) is 5.17. The molecule has 2 rings (SSSR count). The van der Waals surface area contributed by atoms with E-state index in [0.29, 0.717) is 11.3 Å². The minimum atomic E-state index is -0.728. The number of hydrogen-bond acceptors (Lipinski definition) is 4. The molecule has 0 aromatic heterocycles. The third kappa shape index (κ3) is 4.90. The quantitative estimate of drug-likeness (QED) is 0.799. The van der Waals surface area contributed by atoms with Crippen LogP contribution in [0.4, 0.5) is 0 Å². The van der Waals surface area contributed by atoms with Gasteiger partial charge in [-0.1, -0.05) is 17.7 Å². The Morgan fingerprint density at radius 3 is 1.86 bits per heavy atom. The number of carbonyl (C=O) groups excluding carboxylic acids is 1. The van der Waals surface area contributed by atoms with Crippen molar-refractivity contribution in [3.8, 4) is 11.5 Å². The maximum absolute atomic E-state index is 11.2. The molecule has 4 nitrogen and oxygen atoms in total. The smallest absolute Gasteiger partial charge is 0.159 e. The normalized spacial score (nSPS) is 11.8. The molecule has 0 radical (unpaired) electrons. The van der Waals surface area contributed by atoms with Gasteiger partial charge in [0, 0.05) is 5.56 Å². The van der Waals surface area contributed by atoms with Gasteiger partial charge in [-0.05, 0) is 50.2 Å². The standard InChI is InChI=1S/C18H20O4/c1-13-3-7-17(8-4-13)21-11-16(20)12-22-18-9-5-15(6-10-18)14(2)19/h3-10,16,20H,11-12H2,1-2H3. The fraction of sp³-hybridized carbons (Fsp3) is 0.278. The third-order valence-corrected chi connectivity index (χ3v) is 3.17. The molecule has 0 amide bonds. The second kappa shape index (κ2) is 7.61. The molecule has 1 N–H and O–H groups in total. The molecule has 0 fully saturated rings. The van der Waals surface area contributed by atoms with Crippen molar-refractivity contribution in [2.75, 3.05) is 13.2 Å². The van der Waals surface area contributed by atoms with Crippen LogP contribution in [-0.4, -0.2) is 30.2 Å². The molecule has 0 bridgehead atoms. The van der Waals surface area contributed by atoms with Gasteiger partial charge in [0.15, 0.2) is 5.78 Å². The van der Waals surface area contributed by atoms with Crippen LogP contribution < -0.4 is 9.47 Å². The Bertz CT molecular complexity index is 602. The topological polar surface area (TPSA) is 55.8 Å². The summed E-state index contributed by atoms with van der Waals surface area (Å²) in [7, 11) is 0. The summed E-state index contributed by atoms with van der Waals surface area (Å²) in [4.78, 5) is 11.2. The van der Waals surface area contributed by atoms with Crippen LogP contribution in [0.5, 0.6) is 11.5 Å². The van der Waals surface area contributed by atoms with Gasteiger partial charge in [0.1, 0.15) is 30.8 Å². The first-order valence-corrected chi connectivity index (χ1v) is 7.16. The Balaban J connectivity index is 1.76. The van der Waals surface area contributed by atoms with Gasteiger partial charge in [-0.3, -0.25) is 4.79 Å². The average molecular weight is 300 g/mol. The lowest BCUT2D eigenvalue weighted by Crippen LogP contribution is -2.25. The zero-order valence-corrected chi connectivity index (χ0v) is 12.8. The molecule has 0 spiro atoms. The number of aliphatic hydroxyl groups excluding tert-OH is 1. The number of ether oxygens (including phenoxy) is 2. The van der Waals surface area contributed by atoms with Crippen molar-refractivity contribution in [3.63, 3.8) is 0 Å². The minimum Gasteiger partial charge on any atom is -0.491 e. The highest BCUT2D eigenvalue weighted by atomic mass is 16.5. The molecular weight excluding hydrogens is 280 g/mol. The van der Waals surface area contributed by atoms with Gasteiger partial charge >= 0.3 is 0 Å². The molecule has 0 aliphatic carbocycles. The number of aliphatic hydroxyl groups is 1. The van der Waals surface area contributed by atoms with Gasteiger partial charge in [0.05, 0.1) is 0 Å². The lowest BCUT2D eigenvalue weighted by Gasteiger charge is -2.14. The fourth-order valence-electron chi connectivity index (χ4n) is 1.85. The summed E-state index contributed by atoms with van der Waals surface area (Å²) >= 11 is 0. The molecule has 1 atom stereocenters. The van der Waals surface area contributed by atoms with E-state index in [2.05, 4.69) is 0 Å². The van der Waals surface area contributed by atoms with E-state index in [-0.39, 0.29) is 19.0 Å². The average Bonchev–Trinajstić information content (AvgIpc) is 2.52. The van der Waals surface area contributed by atoms with E-state index >= 15 is 0 Å². The Hall–Kier alpha value is -2.33. The van der Waals surface area contributed by atoms with Crippen molar-refractivity contribution >= 4 is 5.78 Å². The lowest BCUT2D eigenvalue weighted by molar-refractivity contribution is 0.0626. The molecule has 1 unspecified atom stereocenters. The number of ketones is 1. The van der Waals surface area contributed by atoms with E-state index in [9.17, 15) is 9.90 Å². The highest BCUT2D eigenvalue weighted by Gasteiger charge is 2.07. The van der Waals surface area contributed by atoms with E-state index in [1.54, 1.807) is 24.3 Å². The maximum Gasteiger partial charge on any atom is 0.159 e. The van der Waals surface area contributed by atoms with Crippen LogP contribution in [0.1, 0.15) is 22.8 Å². The van der Waals surface area contributed by atoms with Crippen LogP contribution in [0.2, 0.25) is 0 Å². The summed E-state index contributed by atoms with van der Waals surface area (Å²) in [6.45, 7) is 3.81. The van der Waals surface area contributed by atoms with Gasteiger partial charge in [0.25, 0.3) is 0 Å². The van der Waals surface area contributed by atoms with E-state index < -0.39 is 6.10 Å². The third-order valence-electron chi connectivity index (χ3n) is 3.17. The molecule has 0 heterocycles. The first-order valence-electron chi connectivity index (χ1n) is 7.16. The second-order valence-corrected chi connectivity index (χ2v) is 5.17. The zero-order valence-electron chi connectivity index (χ0n) is 12.8. The van der Waals surface area contributed by atoms with Gasteiger partial charge in [-0.2, -0.15) is 0 Å². The Morgan fingerprint density at radius 1 is 0.955 bits per heavy atom. The molecule has 116 valence electrons. The van der Waals surface area contributed by atoms with Gasteiger partial charge in [-0.25, -0.2) is 0 Å². The number of aryl methyl sites for hydroxylation is 1. The molecular formula is C18H20O4. The summed E-state index contributed by atoms with van der Waals surface area (Å²) in [6.07, 6.45) is -0.728. The maximum atomic E-state index is 11.2. The summed E-state index contributed by atoms with van der Waals surface area (Å²) in [5.74, 6) is 1.34. The number of carbonyl (C=O) groups is 1. The molecule has 2 aromatic carbocycles.